The summed E-state index contributed by atoms with van der Waals surface area (Å²) in [5.41, 5.74) is 0.192. The van der Waals surface area contributed by atoms with Gasteiger partial charge in [-0.3, -0.25) is 4.79 Å². The summed E-state index contributed by atoms with van der Waals surface area (Å²) in [5.74, 6) is -1.80. The minimum Gasteiger partial charge on any atom is -0.481 e. The fourth-order valence-corrected chi connectivity index (χ4v) is 3.79. The molecule has 0 radical (unpaired) electrons. The fourth-order valence-electron chi connectivity index (χ4n) is 2.10. The van der Waals surface area contributed by atoms with Crippen LogP contribution in [-0.2, 0) is 20.6 Å². The Hall–Kier alpha value is -1.26. The molecule has 0 amide bonds. The maximum absolute atomic E-state index is 13.1. The van der Waals surface area contributed by atoms with Crippen molar-refractivity contribution in [2.24, 2.45) is 0 Å². The largest absolute Gasteiger partial charge is 0.481 e. The molecule has 7 nitrogen and oxygen atoms in total. The topological polar surface area (TPSA) is 116 Å². The molecule has 1 heterocycles. The molecule has 1 aliphatic rings. The van der Waals surface area contributed by atoms with Crippen molar-refractivity contribution in [3.63, 3.8) is 0 Å². The van der Waals surface area contributed by atoms with Crippen molar-refractivity contribution < 1.29 is 27.8 Å². The van der Waals surface area contributed by atoms with Crippen molar-refractivity contribution in [2.75, 3.05) is 13.1 Å². The number of carboxylic acid groups (broad SMARTS) is 1. The highest BCUT2D eigenvalue weighted by Gasteiger charge is 2.27. The van der Waals surface area contributed by atoms with Crippen molar-refractivity contribution in [1.82, 2.24) is 10.0 Å². The number of halogens is 2. The number of aliphatic hydroxyl groups excluding tert-OH is 1. The summed E-state index contributed by atoms with van der Waals surface area (Å²) >= 11 is 5.85. The molecule has 0 aliphatic carbocycles. The molecule has 1 aromatic rings. The van der Waals surface area contributed by atoms with Crippen LogP contribution in [0.5, 0.6) is 0 Å². The molecule has 10 heteroatoms. The minimum absolute atomic E-state index is 0.192. The summed E-state index contributed by atoms with van der Waals surface area (Å²) in [4.78, 5) is 9.00. The van der Waals surface area contributed by atoms with Crippen molar-refractivity contribution >= 4 is 27.6 Å². The van der Waals surface area contributed by atoms with E-state index < -0.39 is 39.7 Å². The summed E-state index contributed by atoms with van der Waals surface area (Å²) in [6, 6.07) is 3.00. The van der Waals surface area contributed by atoms with Crippen LogP contribution in [0.25, 0.3) is 0 Å². The Morgan fingerprint density at radius 1 is 1.50 bits per heavy atom. The molecule has 1 aliphatic heterocycles. The molecule has 1 fully saturated rings. The van der Waals surface area contributed by atoms with Gasteiger partial charge in [0.25, 0.3) is 5.97 Å². The average Bonchev–Trinajstić information content (AvgIpc) is 2.44. The molecule has 2 rings (SSSR count). The van der Waals surface area contributed by atoms with Crippen molar-refractivity contribution in [1.29, 1.82) is 0 Å². The number of benzene rings is 1. The quantitative estimate of drug-likeness (QED) is 0.609. The van der Waals surface area contributed by atoms with Crippen LogP contribution in [0.4, 0.5) is 4.39 Å². The van der Waals surface area contributed by atoms with E-state index in [0.717, 1.165) is 13.0 Å². The number of rotatable bonds is 4. The molecule has 2 atom stereocenters. The number of sulfonamides is 1. The van der Waals surface area contributed by atoms with Crippen molar-refractivity contribution in [3.05, 3.63) is 34.6 Å². The van der Waals surface area contributed by atoms with E-state index in [-0.39, 0.29) is 10.6 Å². The zero-order valence-electron chi connectivity index (χ0n) is 13.0. The lowest BCUT2D eigenvalue weighted by Crippen LogP contribution is -2.53. The number of aliphatic hydroxyl groups is 1. The summed E-state index contributed by atoms with van der Waals surface area (Å²) in [6.45, 7) is 2.09. The lowest BCUT2D eigenvalue weighted by molar-refractivity contribution is -0.134. The first kappa shape index (κ1) is 20.8. The van der Waals surface area contributed by atoms with Crippen LogP contribution in [0.1, 0.15) is 18.9 Å². The summed E-state index contributed by atoms with van der Waals surface area (Å²) in [5, 5.41) is 20.4. The van der Waals surface area contributed by atoms with Crippen LogP contribution in [0, 0.1) is 5.82 Å². The monoisotopic (exact) mass is 382 g/mol. The number of aliphatic carboxylic acids is 1. The minimum atomic E-state index is -3.71. The smallest absolute Gasteiger partial charge is 0.300 e. The highest BCUT2D eigenvalue weighted by atomic mass is 35.5. The molecule has 0 aromatic heterocycles. The van der Waals surface area contributed by atoms with Crippen LogP contribution < -0.4 is 10.0 Å². The van der Waals surface area contributed by atoms with Gasteiger partial charge in [0, 0.05) is 18.5 Å². The molecule has 0 unspecified atom stereocenters. The number of piperidine rings is 1. The van der Waals surface area contributed by atoms with E-state index in [1.165, 1.54) is 12.1 Å². The first-order chi connectivity index (χ1) is 11.1. The lowest BCUT2D eigenvalue weighted by Gasteiger charge is -2.28. The van der Waals surface area contributed by atoms with Gasteiger partial charge in [0.15, 0.2) is 0 Å². The molecular weight excluding hydrogens is 363 g/mol. The molecule has 136 valence electrons. The highest BCUT2D eigenvalue weighted by molar-refractivity contribution is 7.88. The third-order valence-corrected chi connectivity index (χ3v) is 4.85. The predicted octanol–water partition coefficient (Wildman–Crippen LogP) is 0.712. The van der Waals surface area contributed by atoms with Crippen LogP contribution in [-0.4, -0.2) is 49.8 Å². The van der Waals surface area contributed by atoms with Crippen LogP contribution in [0.2, 0.25) is 5.02 Å². The maximum atomic E-state index is 13.1. The zero-order chi connectivity index (χ0) is 18.3. The Kier molecular flexibility index (Phi) is 8.04. The van der Waals surface area contributed by atoms with Gasteiger partial charge in [0.1, 0.15) is 5.82 Å². The molecular formula is C14H20ClFN2O5S. The second-order valence-electron chi connectivity index (χ2n) is 5.30. The average molecular weight is 383 g/mol. The van der Waals surface area contributed by atoms with Crippen molar-refractivity contribution in [3.8, 4) is 0 Å². The first-order valence-electron chi connectivity index (χ1n) is 7.13. The van der Waals surface area contributed by atoms with E-state index in [4.69, 9.17) is 21.5 Å². The van der Waals surface area contributed by atoms with Gasteiger partial charge in [-0.15, -0.1) is 0 Å². The maximum Gasteiger partial charge on any atom is 0.300 e. The fraction of sp³-hybridized carbons (Fsp3) is 0.500. The van der Waals surface area contributed by atoms with E-state index >= 15 is 0 Å². The Labute approximate surface area is 144 Å². The summed E-state index contributed by atoms with van der Waals surface area (Å²) in [7, 11) is -3.71. The van der Waals surface area contributed by atoms with Gasteiger partial charge < -0.3 is 15.5 Å². The molecule has 24 heavy (non-hydrogen) atoms. The Bertz CT molecular complexity index is 667. The zero-order valence-corrected chi connectivity index (χ0v) is 14.6. The van der Waals surface area contributed by atoms with Gasteiger partial charge in [-0.25, -0.2) is 17.5 Å². The van der Waals surface area contributed by atoms with E-state index in [1.54, 1.807) is 0 Å². The number of carboxylic acids is 1. The molecule has 4 N–H and O–H groups in total. The van der Waals surface area contributed by atoms with E-state index in [0.29, 0.717) is 19.5 Å². The van der Waals surface area contributed by atoms with E-state index in [1.807, 2.05) is 0 Å². The molecule has 0 saturated carbocycles. The Morgan fingerprint density at radius 2 is 2.12 bits per heavy atom. The third kappa shape index (κ3) is 7.54. The molecule has 1 saturated heterocycles. The molecule has 1 aromatic carbocycles. The van der Waals surface area contributed by atoms with Gasteiger partial charge in [0.2, 0.25) is 10.0 Å². The van der Waals surface area contributed by atoms with Gasteiger partial charge in [-0.05, 0) is 36.7 Å². The Morgan fingerprint density at radius 3 is 2.71 bits per heavy atom. The summed E-state index contributed by atoms with van der Waals surface area (Å²) in [6.07, 6.45) is -0.248. The van der Waals surface area contributed by atoms with Gasteiger partial charge in [-0.1, -0.05) is 11.6 Å². The Balaban J connectivity index is 0.000000648. The highest BCUT2D eigenvalue weighted by Crippen LogP contribution is 2.19. The van der Waals surface area contributed by atoms with Gasteiger partial charge in [0.05, 0.1) is 17.9 Å². The number of hydrogen-bond acceptors (Lipinski definition) is 5. The number of carbonyl (C=O) groups is 1. The van der Waals surface area contributed by atoms with Crippen LogP contribution >= 0.6 is 11.6 Å². The first-order valence-corrected chi connectivity index (χ1v) is 9.16. The predicted molar refractivity (Wildman–Crippen MR) is 87.8 cm³/mol. The second kappa shape index (κ2) is 9.28. The van der Waals surface area contributed by atoms with Crippen LogP contribution in [0.3, 0.4) is 0 Å². The van der Waals surface area contributed by atoms with Gasteiger partial charge >= 0.3 is 0 Å². The SMILES string of the molecule is CC(=O)O.O=S(=O)(Cc1cc(F)ccc1Cl)N[C@H]1CNCC[C@H]1O. The van der Waals surface area contributed by atoms with Crippen molar-refractivity contribution in [2.45, 2.75) is 31.2 Å². The second-order valence-corrected chi connectivity index (χ2v) is 7.46. The standard InChI is InChI=1S/C12H16ClFN2O3S.C2H4O2/c13-10-2-1-9(14)5-8(10)7-20(18,19)16-11-6-15-4-3-12(11)17;1-2(3)4/h1-2,5,11-12,15-17H,3-4,6-7H2;1H3,(H,3,4)/t11-,12+;/m0./s1. The summed E-state index contributed by atoms with van der Waals surface area (Å²) < 4.78 is 39.6. The molecule has 0 bridgehead atoms. The van der Waals surface area contributed by atoms with Gasteiger partial charge in [-0.2, -0.15) is 0 Å². The number of hydrogen-bond donors (Lipinski definition) is 4. The third-order valence-electron chi connectivity index (χ3n) is 3.13. The van der Waals surface area contributed by atoms with E-state index in [9.17, 15) is 17.9 Å². The number of nitrogens with one attached hydrogen (secondary N) is 2. The lowest BCUT2D eigenvalue weighted by atomic mass is 10.1. The molecule has 0 spiro atoms. The normalized spacial score (nSPS) is 20.8. The van der Waals surface area contributed by atoms with E-state index in [2.05, 4.69) is 10.0 Å². The van der Waals surface area contributed by atoms with Crippen LogP contribution in [0.15, 0.2) is 18.2 Å².